The van der Waals surface area contributed by atoms with Crippen LogP contribution >= 0.6 is 0 Å². The van der Waals surface area contributed by atoms with Gasteiger partial charge in [-0.1, -0.05) is 0 Å². The van der Waals surface area contributed by atoms with Gasteiger partial charge in [-0.05, 0) is 77.6 Å². The van der Waals surface area contributed by atoms with E-state index in [1.807, 2.05) is 21.9 Å². The highest BCUT2D eigenvalue weighted by molar-refractivity contribution is 5.99. The van der Waals surface area contributed by atoms with Crippen LogP contribution in [0.4, 0.5) is 0 Å². The minimum absolute atomic E-state index is 0.0527. The number of benzene rings is 1. The number of piperazine rings is 1. The Bertz CT molecular complexity index is 1070. The standard InChI is InChI=1S/C28H40N4O3/c1-19(2)29-11-9-23(10-12-29)35-24-7-8-25-22(17-24)18-26(32(25)20(3)4)28(34)31-15-13-30(14-16-31)27(33)21-5-6-21/h7-8,17-21,23H,5-6,9-16H2,1-4H3. The summed E-state index contributed by atoms with van der Waals surface area (Å²) < 4.78 is 8.51. The van der Waals surface area contributed by atoms with Crippen LogP contribution in [-0.2, 0) is 4.79 Å². The van der Waals surface area contributed by atoms with E-state index in [1.54, 1.807) is 0 Å². The van der Waals surface area contributed by atoms with E-state index in [9.17, 15) is 9.59 Å². The average molecular weight is 481 g/mol. The second-order valence-corrected chi connectivity index (χ2v) is 11.1. The molecule has 0 bridgehead atoms. The van der Waals surface area contributed by atoms with E-state index < -0.39 is 0 Å². The van der Waals surface area contributed by atoms with Crippen LogP contribution in [0.2, 0.25) is 0 Å². The fourth-order valence-electron chi connectivity index (χ4n) is 5.59. The molecule has 2 aromatic rings. The van der Waals surface area contributed by atoms with Gasteiger partial charge in [-0.15, -0.1) is 0 Å². The molecule has 2 aliphatic heterocycles. The third kappa shape index (κ3) is 5.06. The van der Waals surface area contributed by atoms with Gasteiger partial charge in [0, 0.05) is 68.2 Å². The zero-order valence-electron chi connectivity index (χ0n) is 21.7. The lowest BCUT2D eigenvalue weighted by Gasteiger charge is -2.35. The summed E-state index contributed by atoms with van der Waals surface area (Å²) in [6, 6.07) is 9.00. The lowest BCUT2D eigenvalue weighted by atomic mass is 10.1. The van der Waals surface area contributed by atoms with Gasteiger partial charge < -0.3 is 24.0 Å². The lowest BCUT2D eigenvalue weighted by Crippen LogP contribution is -2.51. The molecule has 0 radical (unpaired) electrons. The van der Waals surface area contributed by atoms with E-state index in [4.69, 9.17) is 4.74 Å². The van der Waals surface area contributed by atoms with E-state index in [0.29, 0.717) is 32.2 Å². The number of carbonyl (C=O) groups excluding carboxylic acids is 2. The molecule has 1 saturated carbocycles. The predicted molar refractivity (Wildman–Crippen MR) is 138 cm³/mol. The van der Waals surface area contributed by atoms with Gasteiger partial charge in [-0.25, -0.2) is 0 Å². The molecule has 0 atom stereocenters. The molecule has 7 heteroatoms. The first kappa shape index (κ1) is 24.2. The van der Waals surface area contributed by atoms with E-state index in [-0.39, 0.29) is 29.9 Å². The lowest BCUT2D eigenvalue weighted by molar-refractivity contribution is -0.134. The molecule has 2 saturated heterocycles. The molecule has 7 nitrogen and oxygen atoms in total. The highest BCUT2D eigenvalue weighted by atomic mass is 16.5. The van der Waals surface area contributed by atoms with Gasteiger partial charge in [0.05, 0.1) is 0 Å². The van der Waals surface area contributed by atoms with Crippen LogP contribution in [0.5, 0.6) is 5.75 Å². The number of piperidine rings is 1. The molecule has 190 valence electrons. The first-order valence-electron chi connectivity index (χ1n) is 13.5. The molecule has 3 aliphatic rings. The molecule has 5 rings (SSSR count). The van der Waals surface area contributed by atoms with Gasteiger partial charge in [0.1, 0.15) is 17.5 Å². The first-order valence-corrected chi connectivity index (χ1v) is 13.5. The van der Waals surface area contributed by atoms with E-state index in [1.165, 1.54) is 0 Å². The molecular weight excluding hydrogens is 440 g/mol. The van der Waals surface area contributed by atoms with Gasteiger partial charge in [0.25, 0.3) is 5.91 Å². The number of ether oxygens (including phenoxy) is 1. The maximum Gasteiger partial charge on any atom is 0.270 e. The Labute approximate surface area is 209 Å². The summed E-state index contributed by atoms with van der Waals surface area (Å²) in [7, 11) is 0. The minimum Gasteiger partial charge on any atom is -0.490 e. The Balaban J connectivity index is 1.30. The largest absolute Gasteiger partial charge is 0.490 e. The summed E-state index contributed by atoms with van der Waals surface area (Å²) >= 11 is 0. The fourth-order valence-corrected chi connectivity index (χ4v) is 5.59. The predicted octanol–water partition coefficient (Wildman–Crippen LogP) is 4.17. The van der Waals surface area contributed by atoms with Crippen LogP contribution in [-0.4, -0.2) is 82.5 Å². The number of nitrogens with zero attached hydrogens (tertiary/aromatic N) is 4. The van der Waals surface area contributed by atoms with Gasteiger partial charge in [-0.3, -0.25) is 9.59 Å². The van der Waals surface area contributed by atoms with Crippen molar-refractivity contribution in [2.45, 2.75) is 71.6 Å². The Morgan fingerprint density at radius 3 is 2.09 bits per heavy atom. The van der Waals surface area contributed by atoms with Gasteiger partial charge >= 0.3 is 0 Å². The maximum absolute atomic E-state index is 13.6. The molecule has 1 aromatic carbocycles. The smallest absolute Gasteiger partial charge is 0.270 e. The van der Waals surface area contributed by atoms with Crippen LogP contribution in [0.25, 0.3) is 10.9 Å². The summed E-state index contributed by atoms with van der Waals surface area (Å²) in [5.41, 5.74) is 1.78. The zero-order valence-corrected chi connectivity index (χ0v) is 21.7. The van der Waals surface area contributed by atoms with Crippen molar-refractivity contribution in [3.8, 4) is 5.75 Å². The zero-order chi connectivity index (χ0) is 24.7. The maximum atomic E-state index is 13.6. The van der Waals surface area contributed by atoms with Gasteiger partial charge in [0.2, 0.25) is 5.91 Å². The van der Waals surface area contributed by atoms with Gasteiger partial charge in [0.15, 0.2) is 0 Å². The number of likely N-dealkylation sites (tertiary alicyclic amines) is 1. The van der Waals surface area contributed by atoms with Crippen molar-refractivity contribution in [1.29, 1.82) is 0 Å². The molecule has 1 aromatic heterocycles. The molecule has 35 heavy (non-hydrogen) atoms. The SMILES string of the molecule is CC(C)N1CCC(Oc2ccc3c(c2)cc(C(=O)N2CCN(C(=O)C4CC4)CC2)n3C(C)C)CC1. The number of carbonyl (C=O) groups is 2. The first-order chi connectivity index (χ1) is 16.8. The Morgan fingerprint density at radius 1 is 0.829 bits per heavy atom. The molecule has 2 amide bonds. The summed E-state index contributed by atoms with van der Waals surface area (Å²) in [5, 5.41) is 1.04. The molecular formula is C28H40N4O3. The number of rotatable bonds is 6. The average Bonchev–Trinajstić information content (AvgIpc) is 3.63. The van der Waals surface area contributed by atoms with E-state index >= 15 is 0 Å². The number of hydrogen-bond acceptors (Lipinski definition) is 4. The van der Waals surface area contributed by atoms with Crippen molar-refractivity contribution < 1.29 is 14.3 Å². The quantitative estimate of drug-likeness (QED) is 0.623. The van der Waals surface area contributed by atoms with Gasteiger partial charge in [-0.2, -0.15) is 0 Å². The summed E-state index contributed by atoms with van der Waals surface area (Å²) in [4.78, 5) is 32.3. The van der Waals surface area contributed by atoms with Crippen LogP contribution in [0, 0.1) is 5.92 Å². The van der Waals surface area contributed by atoms with Crippen LogP contribution in [0.3, 0.4) is 0 Å². The number of fused-ring (bicyclic) bond motifs is 1. The van der Waals surface area contributed by atoms with Crippen molar-refractivity contribution in [3.05, 3.63) is 30.0 Å². The highest BCUT2D eigenvalue weighted by Crippen LogP contribution is 2.32. The van der Waals surface area contributed by atoms with Crippen molar-refractivity contribution in [1.82, 2.24) is 19.3 Å². The van der Waals surface area contributed by atoms with Crippen LogP contribution in [0.15, 0.2) is 24.3 Å². The topological polar surface area (TPSA) is 58.0 Å². The van der Waals surface area contributed by atoms with Crippen LogP contribution in [0.1, 0.15) is 69.9 Å². The number of amides is 2. The molecule has 0 unspecified atom stereocenters. The summed E-state index contributed by atoms with van der Waals surface area (Å²) in [5.74, 6) is 1.44. The summed E-state index contributed by atoms with van der Waals surface area (Å²) in [6.07, 6.45) is 4.38. The number of hydrogen-bond donors (Lipinski definition) is 0. The third-order valence-electron chi connectivity index (χ3n) is 7.86. The Morgan fingerprint density at radius 2 is 1.49 bits per heavy atom. The normalized spacial score (nSPS) is 20.3. The van der Waals surface area contributed by atoms with E-state index in [2.05, 4.69) is 49.3 Å². The van der Waals surface area contributed by atoms with E-state index in [0.717, 1.165) is 61.1 Å². The molecule has 1 aliphatic carbocycles. The van der Waals surface area contributed by atoms with Crippen LogP contribution < -0.4 is 4.74 Å². The van der Waals surface area contributed by atoms with Crippen molar-refractivity contribution in [2.75, 3.05) is 39.3 Å². The third-order valence-corrected chi connectivity index (χ3v) is 7.86. The van der Waals surface area contributed by atoms with Crippen molar-refractivity contribution >= 4 is 22.7 Å². The molecule has 3 fully saturated rings. The summed E-state index contributed by atoms with van der Waals surface area (Å²) in [6.45, 7) is 13.4. The molecule has 0 N–H and O–H groups in total. The molecule has 0 spiro atoms. The molecule has 3 heterocycles. The van der Waals surface area contributed by atoms with Crippen molar-refractivity contribution in [3.63, 3.8) is 0 Å². The second-order valence-electron chi connectivity index (χ2n) is 11.1. The minimum atomic E-state index is 0.0527. The second kappa shape index (κ2) is 9.84. The monoisotopic (exact) mass is 480 g/mol. The van der Waals surface area contributed by atoms with Crippen molar-refractivity contribution in [2.24, 2.45) is 5.92 Å². The number of aromatic nitrogens is 1. The highest BCUT2D eigenvalue weighted by Gasteiger charge is 2.35. The Hall–Kier alpha value is -2.54. The fraction of sp³-hybridized carbons (Fsp3) is 0.643. The Kier molecular flexibility index (Phi) is 6.80.